The van der Waals surface area contributed by atoms with Crippen LogP contribution in [0.15, 0.2) is 0 Å². The van der Waals surface area contributed by atoms with Crippen molar-refractivity contribution in [2.24, 2.45) is 5.73 Å². The Labute approximate surface area is 86.0 Å². The van der Waals surface area contributed by atoms with Gasteiger partial charge in [-0.3, -0.25) is 4.79 Å². The van der Waals surface area contributed by atoms with Gasteiger partial charge in [0.25, 0.3) is 0 Å². The maximum absolute atomic E-state index is 9.78. The van der Waals surface area contributed by atoms with Crippen LogP contribution in [-0.2, 0) is 4.79 Å². The Hall–Kier alpha value is -0.650. The molecule has 0 aromatic heterocycles. The summed E-state index contributed by atoms with van der Waals surface area (Å²) >= 11 is 0. The predicted octanol–water partition coefficient (Wildman–Crippen LogP) is -0.0504. The Kier molecular flexibility index (Phi) is 11.8. The highest BCUT2D eigenvalue weighted by Gasteiger charge is 2.06. The van der Waals surface area contributed by atoms with Gasteiger partial charge in [-0.1, -0.05) is 26.2 Å². The van der Waals surface area contributed by atoms with Crippen molar-refractivity contribution in [1.29, 1.82) is 0 Å². The first-order valence-electron chi connectivity index (χ1n) is 5.16. The molecule has 0 bridgehead atoms. The zero-order chi connectivity index (χ0) is 12.3. The van der Waals surface area contributed by atoms with Gasteiger partial charge in [0, 0.05) is 6.61 Å². The van der Waals surface area contributed by atoms with Gasteiger partial charge in [0.1, 0.15) is 6.02 Å². The number of aliphatic hydroxyl groups is 2. The van der Waals surface area contributed by atoms with Gasteiger partial charge in [0.2, 0.25) is 0 Å². The molecule has 14 heavy (non-hydrogen) atoms. The van der Waals surface area contributed by atoms with Crippen LogP contribution in [0.4, 0.5) is 0 Å². The minimum atomic E-state index is -2.24. The van der Waals surface area contributed by atoms with Crippen LogP contribution in [0.2, 0.25) is 0 Å². The van der Waals surface area contributed by atoms with Crippen molar-refractivity contribution < 1.29 is 21.5 Å². The largest absolute Gasteiger partial charge is 0.480 e. The Bertz CT molecular complexity index is 160. The molecule has 0 aromatic rings. The number of aliphatic carboxylic acids is 1. The molecule has 0 aromatic carbocycles. The highest BCUT2D eigenvalue weighted by molar-refractivity contribution is 5.73. The summed E-state index contributed by atoms with van der Waals surface area (Å²) in [5, 5.41) is 24.3. The van der Waals surface area contributed by atoms with Gasteiger partial charge >= 0.3 is 5.97 Å². The number of aliphatic hydroxyl groups excluding tert-OH is 2. The monoisotopic (exact) mass is 208 g/mol. The topological polar surface area (TPSA) is 104 Å². The molecular weight excluding hydrogens is 186 g/mol. The molecule has 0 amide bonds. The third kappa shape index (κ3) is 13.9. The van der Waals surface area contributed by atoms with Crippen molar-refractivity contribution >= 4 is 5.97 Å². The number of hydrogen-bond acceptors (Lipinski definition) is 4. The molecule has 5 heteroatoms. The zero-order valence-electron chi connectivity index (χ0n) is 9.57. The van der Waals surface area contributed by atoms with Crippen molar-refractivity contribution in [3.63, 3.8) is 0 Å². The summed E-state index contributed by atoms with van der Waals surface area (Å²) in [5.74, 6) is -1.53. The molecule has 0 spiro atoms. The first-order chi connectivity index (χ1) is 6.92. The van der Waals surface area contributed by atoms with Crippen molar-refractivity contribution in [2.75, 3.05) is 13.2 Å². The molecule has 0 saturated carbocycles. The molecule has 5 nitrogen and oxygen atoms in total. The Morgan fingerprint density at radius 3 is 2.21 bits per heavy atom. The highest BCUT2D eigenvalue weighted by atomic mass is 16.4. The average molecular weight is 208 g/mol. The van der Waals surface area contributed by atoms with Crippen LogP contribution < -0.4 is 5.73 Å². The van der Waals surface area contributed by atoms with Crippen LogP contribution in [0.5, 0.6) is 0 Å². The van der Waals surface area contributed by atoms with Gasteiger partial charge in [-0.2, -0.15) is 0 Å². The van der Waals surface area contributed by atoms with Crippen molar-refractivity contribution in [3.8, 4) is 0 Å². The number of unbranched alkanes of at least 4 members (excludes halogenated alkanes) is 3. The maximum atomic E-state index is 9.78. The fourth-order valence-electron chi connectivity index (χ4n) is 0.606. The lowest BCUT2D eigenvalue weighted by Crippen LogP contribution is -2.33. The molecule has 0 aliphatic carbocycles. The second-order valence-corrected chi connectivity index (χ2v) is 2.77. The summed E-state index contributed by atoms with van der Waals surface area (Å²) in [6.45, 7) is 1.65. The van der Waals surface area contributed by atoms with E-state index in [1.807, 2.05) is 0 Å². The van der Waals surface area contributed by atoms with E-state index >= 15 is 0 Å². The Morgan fingerprint density at radius 2 is 2.00 bits per heavy atom. The molecule has 0 saturated heterocycles. The molecule has 86 valence electrons. The predicted molar refractivity (Wildman–Crippen MR) is 53.9 cm³/mol. The lowest BCUT2D eigenvalue weighted by atomic mass is 10.2. The highest BCUT2D eigenvalue weighted by Crippen LogP contribution is 1.96. The van der Waals surface area contributed by atoms with Crippen LogP contribution in [0.3, 0.4) is 0 Å². The van der Waals surface area contributed by atoms with Gasteiger partial charge in [0.05, 0.1) is 7.98 Å². The molecule has 0 aliphatic rings. The third-order valence-corrected chi connectivity index (χ3v) is 1.46. The van der Waals surface area contributed by atoms with Crippen molar-refractivity contribution in [3.05, 3.63) is 0 Å². The summed E-state index contributed by atoms with van der Waals surface area (Å²) < 4.78 is 6.56. The Morgan fingerprint density at radius 1 is 1.43 bits per heavy atom. The summed E-state index contributed by atoms with van der Waals surface area (Å²) in [5.41, 5.74) is 4.68. The second kappa shape index (κ2) is 12.3. The van der Waals surface area contributed by atoms with E-state index in [-0.39, 0.29) is 0 Å². The fourth-order valence-corrected chi connectivity index (χ4v) is 0.606. The Balaban J connectivity index is 0. The van der Waals surface area contributed by atoms with Crippen molar-refractivity contribution in [2.45, 2.75) is 38.6 Å². The molecule has 0 rings (SSSR count). The van der Waals surface area contributed by atoms with Crippen molar-refractivity contribution in [1.82, 2.24) is 0 Å². The van der Waals surface area contributed by atoms with E-state index in [9.17, 15) is 4.79 Å². The van der Waals surface area contributed by atoms with Gasteiger partial charge in [-0.25, -0.2) is 0 Å². The molecular formula is C9H21NO4. The average Bonchev–Trinajstić information content (AvgIpc) is 2.19. The quantitative estimate of drug-likeness (QED) is 0.458. The van der Waals surface area contributed by atoms with Crippen LogP contribution in [0, 0.1) is 0 Å². The van der Waals surface area contributed by atoms with E-state index in [0.717, 1.165) is 6.42 Å². The smallest absolute Gasteiger partial charge is 0.322 e. The summed E-state index contributed by atoms with van der Waals surface area (Å²) in [4.78, 5) is 9.78. The van der Waals surface area contributed by atoms with E-state index in [4.69, 9.17) is 16.7 Å². The van der Waals surface area contributed by atoms with E-state index in [0.29, 0.717) is 6.61 Å². The number of carboxylic acids is 1. The normalized spacial score (nSPS) is 14.7. The van der Waals surface area contributed by atoms with E-state index in [1.165, 1.54) is 19.3 Å². The number of nitrogens with two attached hydrogens (primary N) is 1. The standard InChI is InChI=1S/C6H14O.C3H7NO3/c1-2-3-4-5-6-7;4-2(1-5)3(6)7/h7H,2-6H2,1H3;2,5H,1,4H2,(H,6,7)/t;2-/m.1/s1/i;2D. The van der Waals surface area contributed by atoms with Gasteiger partial charge in [0.15, 0.2) is 0 Å². The molecule has 0 radical (unpaired) electrons. The minimum absolute atomic E-state index is 0.361. The van der Waals surface area contributed by atoms with Crippen LogP contribution in [0.1, 0.15) is 34.0 Å². The van der Waals surface area contributed by atoms with E-state index in [2.05, 4.69) is 12.7 Å². The van der Waals surface area contributed by atoms with E-state index < -0.39 is 18.6 Å². The van der Waals surface area contributed by atoms with Gasteiger partial charge in [-0.05, 0) is 6.42 Å². The SMILES string of the molecule is CCCCCCO.[2H][C@@](N)(CO)C(=O)O. The summed E-state index contributed by atoms with van der Waals surface area (Å²) in [6, 6.07) is -2.24. The molecule has 5 N–H and O–H groups in total. The van der Waals surface area contributed by atoms with E-state index in [1.54, 1.807) is 0 Å². The molecule has 0 heterocycles. The number of hydrogen-bond donors (Lipinski definition) is 4. The number of rotatable bonds is 6. The fraction of sp³-hybridized carbons (Fsp3) is 0.889. The first-order valence-corrected chi connectivity index (χ1v) is 4.66. The summed E-state index contributed by atoms with van der Waals surface area (Å²) in [6.07, 6.45) is 4.68. The lowest BCUT2D eigenvalue weighted by Gasteiger charge is -1.96. The van der Waals surface area contributed by atoms with Crippen LogP contribution in [0.25, 0.3) is 0 Å². The molecule has 1 atom stereocenters. The number of carbonyl (C=O) groups is 1. The van der Waals surface area contributed by atoms with Gasteiger partial charge < -0.3 is 21.1 Å². The second-order valence-electron chi connectivity index (χ2n) is 2.77. The van der Waals surface area contributed by atoms with Crippen LogP contribution in [-0.4, -0.2) is 40.5 Å². The lowest BCUT2D eigenvalue weighted by molar-refractivity contribution is -0.139. The molecule has 0 aliphatic heterocycles. The molecule has 0 fully saturated rings. The van der Waals surface area contributed by atoms with Gasteiger partial charge in [-0.15, -0.1) is 0 Å². The third-order valence-electron chi connectivity index (χ3n) is 1.46. The van der Waals surface area contributed by atoms with Crippen LogP contribution >= 0.6 is 0 Å². The number of carboxylic acid groups (broad SMARTS) is 1. The minimum Gasteiger partial charge on any atom is -0.480 e. The molecule has 0 unspecified atom stereocenters. The summed E-state index contributed by atoms with van der Waals surface area (Å²) in [7, 11) is 0. The first kappa shape index (κ1) is 13.4. The zero-order valence-corrected chi connectivity index (χ0v) is 8.57. The maximum Gasteiger partial charge on any atom is 0.322 e.